The molecule has 2 amide bonds. The molecule has 2 aliphatic rings. The van der Waals surface area contributed by atoms with Crippen molar-refractivity contribution in [2.75, 3.05) is 6.54 Å². The molecule has 108 valence electrons. The summed E-state index contributed by atoms with van der Waals surface area (Å²) in [7, 11) is 0. The fourth-order valence-electron chi connectivity index (χ4n) is 3.47. The average molecular weight is 266 g/mol. The molecule has 0 spiro atoms. The summed E-state index contributed by atoms with van der Waals surface area (Å²) < 4.78 is 0. The van der Waals surface area contributed by atoms with Crippen LogP contribution in [0.25, 0.3) is 0 Å². The number of nitrogens with zero attached hydrogens (tertiary/aromatic N) is 1. The first-order valence-corrected chi connectivity index (χ1v) is 7.71. The summed E-state index contributed by atoms with van der Waals surface area (Å²) in [6.45, 7) is 4.63. The first kappa shape index (κ1) is 14.4. The van der Waals surface area contributed by atoms with Crippen LogP contribution in [-0.2, 0) is 9.59 Å². The summed E-state index contributed by atoms with van der Waals surface area (Å²) in [4.78, 5) is 25.8. The van der Waals surface area contributed by atoms with Crippen molar-refractivity contribution < 1.29 is 9.59 Å². The Labute approximate surface area is 115 Å². The van der Waals surface area contributed by atoms with E-state index in [1.54, 1.807) is 6.92 Å². The Hall–Kier alpha value is -1.06. The minimum absolute atomic E-state index is 0.00280. The van der Waals surface area contributed by atoms with Crippen molar-refractivity contribution in [3.63, 3.8) is 0 Å². The minimum Gasteiger partial charge on any atom is -0.345 e. The van der Waals surface area contributed by atoms with E-state index in [0.717, 1.165) is 18.8 Å². The van der Waals surface area contributed by atoms with Crippen molar-refractivity contribution in [3.8, 4) is 0 Å². The number of rotatable bonds is 3. The Bertz CT molecular complexity index is 335. The molecule has 0 aromatic rings. The van der Waals surface area contributed by atoms with Crippen LogP contribution in [0.4, 0.5) is 0 Å². The van der Waals surface area contributed by atoms with Crippen LogP contribution >= 0.6 is 0 Å². The quantitative estimate of drug-likeness (QED) is 0.850. The average Bonchev–Trinajstić information content (AvgIpc) is 2.52. The summed E-state index contributed by atoms with van der Waals surface area (Å²) in [5.41, 5.74) is 0. The molecule has 1 atom stereocenters. The lowest BCUT2D eigenvalue weighted by molar-refractivity contribution is -0.135. The van der Waals surface area contributed by atoms with Gasteiger partial charge in [-0.15, -0.1) is 0 Å². The Morgan fingerprint density at radius 2 is 1.89 bits per heavy atom. The van der Waals surface area contributed by atoms with Crippen LogP contribution in [0.3, 0.4) is 0 Å². The zero-order valence-corrected chi connectivity index (χ0v) is 12.2. The fraction of sp³-hybridized carbons (Fsp3) is 0.867. The van der Waals surface area contributed by atoms with E-state index in [2.05, 4.69) is 12.2 Å². The van der Waals surface area contributed by atoms with E-state index in [9.17, 15) is 9.59 Å². The van der Waals surface area contributed by atoms with Gasteiger partial charge in [0, 0.05) is 19.0 Å². The third-order valence-electron chi connectivity index (χ3n) is 4.56. The lowest BCUT2D eigenvalue weighted by Crippen LogP contribution is -2.48. The van der Waals surface area contributed by atoms with E-state index in [-0.39, 0.29) is 17.9 Å². The maximum Gasteiger partial charge on any atom is 0.245 e. The van der Waals surface area contributed by atoms with Crippen molar-refractivity contribution in [1.82, 2.24) is 10.2 Å². The van der Waals surface area contributed by atoms with Crippen LogP contribution in [0.1, 0.15) is 58.8 Å². The van der Waals surface area contributed by atoms with Gasteiger partial charge in [-0.05, 0) is 38.5 Å². The number of nitrogens with one attached hydrogen (secondary N) is 1. The molecule has 1 saturated heterocycles. The van der Waals surface area contributed by atoms with Crippen molar-refractivity contribution >= 4 is 11.8 Å². The highest BCUT2D eigenvalue weighted by Crippen LogP contribution is 2.31. The van der Waals surface area contributed by atoms with Crippen molar-refractivity contribution in [3.05, 3.63) is 0 Å². The van der Waals surface area contributed by atoms with Gasteiger partial charge in [0.05, 0.1) is 0 Å². The third-order valence-corrected chi connectivity index (χ3v) is 4.56. The minimum atomic E-state index is -0.358. The second kappa shape index (κ2) is 6.40. The summed E-state index contributed by atoms with van der Waals surface area (Å²) in [5, 5.41) is 2.76. The molecule has 4 heteroatoms. The lowest BCUT2D eigenvalue weighted by Gasteiger charge is -2.37. The van der Waals surface area contributed by atoms with Gasteiger partial charge in [-0.1, -0.05) is 19.8 Å². The van der Waals surface area contributed by atoms with Crippen LogP contribution < -0.4 is 5.32 Å². The molecule has 0 radical (unpaired) electrons. The van der Waals surface area contributed by atoms with Gasteiger partial charge >= 0.3 is 0 Å². The van der Waals surface area contributed by atoms with Gasteiger partial charge in [0.1, 0.15) is 6.04 Å². The molecule has 1 unspecified atom stereocenters. The van der Waals surface area contributed by atoms with Gasteiger partial charge in [-0.25, -0.2) is 0 Å². The number of carbonyl (C=O) groups is 2. The summed E-state index contributed by atoms with van der Waals surface area (Å²) in [6.07, 6.45) is 7.71. The van der Waals surface area contributed by atoms with Gasteiger partial charge in [-0.2, -0.15) is 0 Å². The Morgan fingerprint density at radius 1 is 1.21 bits per heavy atom. The molecular weight excluding hydrogens is 240 g/mol. The van der Waals surface area contributed by atoms with Crippen LogP contribution in [0, 0.1) is 5.92 Å². The van der Waals surface area contributed by atoms with Crippen LogP contribution in [0.2, 0.25) is 0 Å². The summed E-state index contributed by atoms with van der Waals surface area (Å²) in [5.74, 6) is 0.952. The van der Waals surface area contributed by atoms with E-state index in [1.807, 2.05) is 4.90 Å². The normalized spacial score (nSPS) is 32.9. The second-order valence-electron chi connectivity index (χ2n) is 6.03. The van der Waals surface area contributed by atoms with E-state index in [4.69, 9.17) is 0 Å². The first-order valence-electron chi connectivity index (χ1n) is 7.71. The molecule has 1 aliphatic heterocycles. The molecule has 4 nitrogen and oxygen atoms in total. The highest BCUT2D eigenvalue weighted by atomic mass is 16.2. The number of amides is 2. The molecule has 0 aromatic carbocycles. The smallest absolute Gasteiger partial charge is 0.245 e. The Kier molecular flexibility index (Phi) is 4.83. The maximum absolute atomic E-state index is 12.3. The van der Waals surface area contributed by atoms with E-state index < -0.39 is 0 Å². The molecule has 19 heavy (non-hydrogen) atoms. The molecule has 1 N–H and O–H groups in total. The lowest BCUT2D eigenvalue weighted by atomic mass is 9.83. The van der Waals surface area contributed by atoms with Crippen LogP contribution in [-0.4, -0.2) is 35.3 Å². The standard InChI is InChI=1S/C15H26N2O2/c1-3-4-12-5-7-13(8-6-12)17-10-9-14(18)16-11(2)15(17)19/h11-13H,3-10H2,1-2H3,(H,16,18). The molecule has 1 heterocycles. The third kappa shape index (κ3) is 3.48. The monoisotopic (exact) mass is 266 g/mol. The predicted octanol–water partition coefficient (Wildman–Crippen LogP) is 2.08. The molecule has 2 fully saturated rings. The first-order chi connectivity index (χ1) is 9.11. The Balaban J connectivity index is 1.94. The van der Waals surface area contributed by atoms with E-state index in [1.165, 1.54) is 25.7 Å². The van der Waals surface area contributed by atoms with Gasteiger partial charge in [-0.3, -0.25) is 9.59 Å². The molecule has 0 bridgehead atoms. The molecule has 1 saturated carbocycles. The molecular formula is C15H26N2O2. The van der Waals surface area contributed by atoms with Crippen molar-refractivity contribution in [1.29, 1.82) is 0 Å². The molecule has 1 aliphatic carbocycles. The summed E-state index contributed by atoms with van der Waals surface area (Å²) >= 11 is 0. The van der Waals surface area contributed by atoms with Crippen LogP contribution in [0.15, 0.2) is 0 Å². The molecule has 0 aromatic heterocycles. The van der Waals surface area contributed by atoms with Crippen molar-refractivity contribution in [2.24, 2.45) is 5.92 Å². The number of hydrogen-bond donors (Lipinski definition) is 1. The summed E-state index contributed by atoms with van der Waals surface area (Å²) in [6, 6.07) is -0.000814. The van der Waals surface area contributed by atoms with E-state index in [0.29, 0.717) is 19.0 Å². The maximum atomic E-state index is 12.3. The largest absolute Gasteiger partial charge is 0.345 e. The van der Waals surface area contributed by atoms with Crippen LogP contribution in [0.5, 0.6) is 0 Å². The number of carbonyl (C=O) groups excluding carboxylic acids is 2. The van der Waals surface area contributed by atoms with Gasteiger partial charge < -0.3 is 10.2 Å². The SMILES string of the molecule is CCCC1CCC(N2CCC(=O)NC(C)C2=O)CC1. The Morgan fingerprint density at radius 3 is 2.53 bits per heavy atom. The fourth-order valence-corrected chi connectivity index (χ4v) is 3.47. The topological polar surface area (TPSA) is 49.4 Å². The molecule has 2 rings (SSSR count). The zero-order chi connectivity index (χ0) is 13.8. The van der Waals surface area contributed by atoms with Gasteiger partial charge in [0.15, 0.2) is 0 Å². The second-order valence-corrected chi connectivity index (χ2v) is 6.03. The number of hydrogen-bond acceptors (Lipinski definition) is 2. The van der Waals surface area contributed by atoms with E-state index >= 15 is 0 Å². The zero-order valence-electron chi connectivity index (χ0n) is 12.2. The van der Waals surface area contributed by atoms with Gasteiger partial charge in [0.2, 0.25) is 11.8 Å². The van der Waals surface area contributed by atoms with Gasteiger partial charge in [0.25, 0.3) is 0 Å². The highest BCUT2D eigenvalue weighted by Gasteiger charge is 2.33. The highest BCUT2D eigenvalue weighted by molar-refractivity contribution is 5.89. The van der Waals surface area contributed by atoms with Crippen molar-refractivity contribution in [2.45, 2.75) is 70.9 Å². The predicted molar refractivity (Wildman–Crippen MR) is 74.6 cm³/mol.